The molecule has 0 aromatic carbocycles. The van der Waals surface area contributed by atoms with Gasteiger partial charge in [-0.3, -0.25) is 14.7 Å². The second kappa shape index (κ2) is 6.54. The molecular formula is C14H24N4O2. The Kier molecular flexibility index (Phi) is 5.30. The van der Waals surface area contributed by atoms with Crippen LogP contribution in [0.4, 0.5) is 5.82 Å². The van der Waals surface area contributed by atoms with Crippen LogP contribution in [-0.2, 0) is 9.59 Å². The van der Waals surface area contributed by atoms with Gasteiger partial charge in [0.05, 0.1) is 0 Å². The number of H-pyrrole nitrogens is 1. The van der Waals surface area contributed by atoms with Gasteiger partial charge in [0, 0.05) is 30.1 Å². The Labute approximate surface area is 119 Å². The molecule has 0 saturated heterocycles. The highest BCUT2D eigenvalue weighted by molar-refractivity contribution is 5.90. The number of carbonyl (C=O) groups excluding carboxylic acids is 2. The van der Waals surface area contributed by atoms with Gasteiger partial charge < -0.3 is 10.6 Å². The quantitative estimate of drug-likeness (QED) is 0.771. The maximum absolute atomic E-state index is 11.7. The first kappa shape index (κ1) is 16.2. The molecular weight excluding hydrogens is 256 g/mol. The molecule has 112 valence electrons. The molecule has 3 N–H and O–H groups in total. The van der Waals surface area contributed by atoms with E-state index < -0.39 is 5.41 Å². The highest BCUT2D eigenvalue weighted by Gasteiger charge is 2.20. The van der Waals surface area contributed by atoms with Crippen LogP contribution < -0.4 is 10.6 Å². The third-order valence-corrected chi connectivity index (χ3v) is 2.81. The van der Waals surface area contributed by atoms with Gasteiger partial charge in [-0.1, -0.05) is 34.6 Å². The highest BCUT2D eigenvalue weighted by atomic mass is 16.2. The van der Waals surface area contributed by atoms with E-state index in [2.05, 4.69) is 20.8 Å². The van der Waals surface area contributed by atoms with Gasteiger partial charge in [-0.05, 0) is 5.92 Å². The van der Waals surface area contributed by atoms with Crippen molar-refractivity contribution in [2.75, 3.05) is 11.9 Å². The van der Waals surface area contributed by atoms with E-state index in [-0.39, 0.29) is 18.2 Å². The van der Waals surface area contributed by atoms with Crippen LogP contribution in [0.5, 0.6) is 0 Å². The van der Waals surface area contributed by atoms with Gasteiger partial charge in [0.2, 0.25) is 11.8 Å². The highest BCUT2D eigenvalue weighted by Crippen LogP contribution is 2.15. The summed E-state index contributed by atoms with van der Waals surface area (Å²) in [7, 11) is 0. The van der Waals surface area contributed by atoms with E-state index in [0.29, 0.717) is 18.3 Å². The first-order chi connectivity index (χ1) is 9.20. The van der Waals surface area contributed by atoms with Gasteiger partial charge in [0.1, 0.15) is 0 Å². The Bertz CT molecular complexity index is 472. The number of carbonyl (C=O) groups is 2. The lowest BCUT2D eigenvalue weighted by Gasteiger charge is -2.17. The number of anilines is 1. The summed E-state index contributed by atoms with van der Waals surface area (Å²) in [5, 5.41) is 12.3. The third kappa shape index (κ3) is 5.03. The average Bonchev–Trinajstić information content (AvgIpc) is 2.76. The van der Waals surface area contributed by atoms with E-state index >= 15 is 0 Å². The molecule has 0 aliphatic rings. The largest absolute Gasteiger partial charge is 0.355 e. The van der Waals surface area contributed by atoms with Crippen LogP contribution in [0.2, 0.25) is 0 Å². The van der Waals surface area contributed by atoms with Crippen LogP contribution in [0.25, 0.3) is 0 Å². The van der Waals surface area contributed by atoms with Crippen LogP contribution in [-0.4, -0.2) is 28.6 Å². The Morgan fingerprint density at radius 2 is 2.00 bits per heavy atom. The lowest BCUT2D eigenvalue weighted by atomic mass is 9.96. The molecule has 0 fully saturated rings. The molecule has 1 rings (SSSR count). The molecule has 1 heterocycles. The van der Waals surface area contributed by atoms with Crippen LogP contribution in [0.3, 0.4) is 0 Å². The van der Waals surface area contributed by atoms with Crippen molar-refractivity contribution in [1.82, 2.24) is 15.5 Å². The van der Waals surface area contributed by atoms with E-state index in [1.807, 2.05) is 40.7 Å². The van der Waals surface area contributed by atoms with E-state index in [0.717, 1.165) is 5.69 Å². The molecule has 0 radical (unpaired) electrons. The molecule has 0 bridgehead atoms. The molecule has 1 aromatic rings. The summed E-state index contributed by atoms with van der Waals surface area (Å²) in [5.74, 6) is 0.619. The molecule has 0 atom stereocenters. The Hall–Kier alpha value is -1.85. The Balaban J connectivity index is 2.35. The fraction of sp³-hybridized carbons (Fsp3) is 0.643. The van der Waals surface area contributed by atoms with Crippen molar-refractivity contribution in [3.8, 4) is 0 Å². The summed E-state index contributed by atoms with van der Waals surface area (Å²) >= 11 is 0. The fourth-order valence-corrected chi connectivity index (χ4v) is 1.46. The van der Waals surface area contributed by atoms with Crippen LogP contribution >= 0.6 is 0 Å². The van der Waals surface area contributed by atoms with E-state index in [1.165, 1.54) is 0 Å². The predicted molar refractivity (Wildman–Crippen MR) is 78.4 cm³/mol. The lowest BCUT2D eigenvalue weighted by molar-refractivity contribution is -0.128. The van der Waals surface area contributed by atoms with E-state index in [9.17, 15) is 9.59 Å². The zero-order valence-corrected chi connectivity index (χ0v) is 12.8. The molecule has 6 heteroatoms. The van der Waals surface area contributed by atoms with Crippen molar-refractivity contribution in [3.63, 3.8) is 0 Å². The van der Waals surface area contributed by atoms with E-state index in [1.54, 1.807) is 0 Å². The SMILES string of the molecule is CC(C)c1cc(NC(=O)CCNC(=O)C(C)(C)C)n[nH]1. The van der Waals surface area contributed by atoms with E-state index in [4.69, 9.17) is 0 Å². The van der Waals surface area contributed by atoms with Gasteiger partial charge in [-0.25, -0.2) is 0 Å². The molecule has 2 amide bonds. The number of aromatic nitrogens is 2. The lowest BCUT2D eigenvalue weighted by Crippen LogP contribution is -2.36. The van der Waals surface area contributed by atoms with Crippen molar-refractivity contribution < 1.29 is 9.59 Å². The summed E-state index contributed by atoms with van der Waals surface area (Å²) in [6.07, 6.45) is 0.228. The minimum Gasteiger partial charge on any atom is -0.355 e. The molecule has 0 aliphatic carbocycles. The number of nitrogens with one attached hydrogen (secondary N) is 3. The molecule has 1 aromatic heterocycles. The fourth-order valence-electron chi connectivity index (χ4n) is 1.46. The van der Waals surface area contributed by atoms with Gasteiger partial charge in [-0.2, -0.15) is 5.10 Å². The number of hydrogen-bond acceptors (Lipinski definition) is 3. The molecule has 0 saturated carbocycles. The molecule has 0 unspecified atom stereocenters. The number of hydrogen-bond donors (Lipinski definition) is 3. The Morgan fingerprint density at radius 1 is 1.35 bits per heavy atom. The summed E-state index contributed by atoms with van der Waals surface area (Å²) in [5.41, 5.74) is 0.534. The molecule has 6 nitrogen and oxygen atoms in total. The number of nitrogens with zero attached hydrogens (tertiary/aromatic N) is 1. The number of aromatic amines is 1. The second-order valence-electron chi connectivity index (χ2n) is 6.17. The standard InChI is InChI=1S/C14H24N4O2/c1-9(2)10-8-11(18-17-10)16-12(19)6-7-15-13(20)14(3,4)5/h8-9H,6-7H2,1-5H3,(H,15,20)(H2,16,17,18,19). The topological polar surface area (TPSA) is 86.9 Å². The molecule has 0 aliphatic heterocycles. The number of amides is 2. The maximum Gasteiger partial charge on any atom is 0.227 e. The number of rotatable bonds is 5. The van der Waals surface area contributed by atoms with Crippen LogP contribution in [0, 0.1) is 5.41 Å². The third-order valence-electron chi connectivity index (χ3n) is 2.81. The van der Waals surface area contributed by atoms with Crippen LogP contribution in [0.15, 0.2) is 6.07 Å². The summed E-state index contributed by atoms with van der Waals surface area (Å²) in [6, 6.07) is 1.82. The summed E-state index contributed by atoms with van der Waals surface area (Å²) in [4.78, 5) is 23.3. The van der Waals surface area contributed by atoms with Gasteiger partial charge in [-0.15, -0.1) is 0 Å². The monoisotopic (exact) mass is 280 g/mol. The average molecular weight is 280 g/mol. The zero-order valence-electron chi connectivity index (χ0n) is 12.8. The van der Waals surface area contributed by atoms with Gasteiger partial charge in [0.15, 0.2) is 5.82 Å². The minimum atomic E-state index is -0.440. The first-order valence-corrected chi connectivity index (χ1v) is 6.83. The summed E-state index contributed by atoms with van der Waals surface area (Å²) in [6.45, 7) is 9.91. The molecule has 20 heavy (non-hydrogen) atoms. The predicted octanol–water partition coefficient (Wildman–Crippen LogP) is 2.02. The second-order valence-corrected chi connectivity index (χ2v) is 6.17. The van der Waals surface area contributed by atoms with Crippen molar-refractivity contribution in [3.05, 3.63) is 11.8 Å². The van der Waals surface area contributed by atoms with Crippen molar-refractivity contribution in [1.29, 1.82) is 0 Å². The Morgan fingerprint density at radius 3 is 2.50 bits per heavy atom. The van der Waals surface area contributed by atoms with Crippen LogP contribution in [0.1, 0.15) is 52.7 Å². The van der Waals surface area contributed by atoms with Gasteiger partial charge in [0.25, 0.3) is 0 Å². The van der Waals surface area contributed by atoms with Crippen molar-refractivity contribution >= 4 is 17.6 Å². The zero-order chi connectivity index (χ0) is 15.3. The first-order valence-electron chi connectivity index (χ1n) is 6.83. The summed E-state index contributed by atoms with van der Waals surface area (Å²) < 4.78 is 0. The smallest absolute Gasteiger partial charge is 0.227 e. The minimum absolute atomic E-state index is 0.0628. The molecule has 0 spiro atoms. The normalized spacial score (nSPS) is 11.5. The maximum atomic E-state index is 11.7. The van der Waals surface area contributed by atoms with Crippen molar-refractivity contribution in [2.24, 2.45) is 5.41 Å². The van der Waals surface area contributed by atoms with Gasteiger partial charge >= 0.3 is 0 Å². The van der Waals surface area contributed by atoms with Crippen molar-refractivity contribution in [2.45, 2.75) is 47.0 Å².